The smallest absolute Gasteiger partial charge is 0.118 e. The highest BCUT2D eigenvalue weighted by Crippen LogP contribution is 2.03. The van der Waals surface area contributed by atoms with Gasteiger partial charge in [0, 0.05) is 6.54 Å². The van der Waals surface area contributed by atoms with Crippen molar-refractivity contribution in [2.75, 3.05) is 0 Å². The van der Waals surface area contributed by atoms with Crippen molar-refractivity contribution < 1.29 is 0 Å². The quantitative estimate of drug-likeness (QED) is 0.629. The summed E-state index contributed by atoms with van der Waals surface area (Å²) in [5, 5.41) is 10.9. The Kier molecular flexibility index (Phi) is 4.51. The molecule has 19 heavy (non-hydrogen) atoms. The van der Waals surface area contributed by atoms with Gasteiger partial charge in [-0.15, -0.1) is 0 Å². The van der Waals surface area contributed by atoms with Gasteiger partial charge in [0.2, 0.25) is 0 Å². The zero-order valence-corrected chi connectivity index (χ0v) is 11.1. The van der Waals surface area contributed by atoms with Gasteiger partial charge in [0.1, 0.15) is 5.84 Å². The van der Waals surface area contributed by atoms with Gasteiger partial charge in [-0.25, -0.2) is 0 Å². The fourth-order valence-corrected chi connectivity index (χ4v) is 1.71. The van der Waals surface area contributed by atoms with Gasteiger partial charge in [0.15, 0.2) is 0 Å². The van der Waals surface area contributed by atoms with Crippen LogP contribution in [0.3, 0.4) is 0 Å². The van der Waals surface area contributed by atoms with E-state index >= 15 is 0 Å². The highest BCUT2D eigenvalue weighted by Gasteiger charge is 1.94. The maximum absolute atomic E-state index is 7.83. The van der Waals surface area contributed by atoms with E-state index in [0.29, 0.717) is 12.4 Å². The summed E-state index contributed by atoms with van der Waals surface area (Å²) >= 11 is 0. The fourth-order valence-electron chi connectivity index (χ4n) is 1.71. The van der Waals surface area contributed by atoms with Crippen LogP contribution in [0.1, 0.15) is 16.7 Å². The first-order chi connectivity index (χ1) is 9.24. The summed E-state index contributed by atoms with van der Waals surface area (Å²) in [5.74, 6) is 0.421. The van der Waals surface area contributed by atoms with Crippen LogP contribution in [0.15, 0.2) is 60.7 Å². The Bertz CT molecular complexity index is 554. The molecule has 96 valence electrons. The summed E-state index contributed by atoms with van der Waals surface area (Å²) in [6, 6.07) is 18.3. The topological polar surface area (TPSA) is 35.9 Å². The molecule has 0 unspecified atom stereocenters. The largest absolute Gasteiger partial charge is 0.366 e. The van der Waals surface area contributed by atoms with Gasteiger partial charge in [-0.3, -0.25) is 5.41 Å². The molecule has 0 spiro atoms. The standard InChI is InChI=1S/C17H18N2/c1-14-7-9-16(10-8-14)13-19-17(18)12-11-15-5-3-2-4-6-15/h2-12H,13H2,1H3,(H2,18,19)/b12-11+. The molecule has 0 atom stereocenters. The second kappa shape index (κ2) is 6.55. The number of amidine groups is 1. The lowest BCUT2D eigenvalue weighted by atomic mass is 10.1. The van der Waals surface area contributed by atoms with Crippen molar-refractivity contribution in [2.45, 2.75) is 13.5 Å². The summed E-state index contributed by atoms with van der Waals surface area (Å²) in [6.45, 7) is 2.75. The normalized spacial score (nSPS) is 10.6. The molecule has 0 aliphatic heterocycles. The van der Waals surface area contributed by atoms with Gasteiger partial charge in [-0.05, 0) is 24.1 Å². The maximum Gasteiger partial charge on any atom is 0.118 e. The van der Waals surface area contributed by atoms with Crippen LogP contribution in [0.5, 0.6) is 0 Å². The Morgan fingerprint density at radius 1 is 1.05 bits per heavy atom. The molecule has 0 bridgehead atoms. The fraction of sp³-hybridized carbons (Fsp3) is 0.118. The van der Waals surface area contributed by atoms with E-state index in [9.17, 15) is 0 Å². The monoisotopic (exact) mass is 250 g/mol. The van der Waals surface area contributed by atoms with Gasteiger partial charge >= 0.3 is 0 Å². The zero-order valence-electron chi connectivity index (χ0n) is 11.1. The molecule has 0 fully saturated rings. The van der Waals surface area contributed by atoms with Crippen molar-refractivity contribution in [3.05, 3.63) is 77.4 Å². The molecule has 2 N–H and O–H groups in total. The molecule has 2 nitrogen and oxygen atoms in total. The van der Waals surface area contributed by atoms with Crippen molar-refractivity contribution >= 4 is 11.9 Å². The molecule has 2 rings (SSSR count). The Morgan fingerprint density at radius 3 is 2.42 bits per heavy atom. The van der Waals surface area contributed by atoms with E-state index in [4.69, 9.17) is 5.41 Å². The Balaban J connectivity index is 1.85. The number of aryl methyl sites for hydroxylation is 1. The van der Waals surface area contributed by atoms with Crippen LogP contribution in [0, 0.1) is 12.3 Å². The molecular formula is C17H18N2. The van der Waals surface area contributed by atoms with Crippen LogP contribution < -0.4 is 5.32 Å². The summed E-state index contributed by atoms with van der Waals surface area (Å²) in [6.07, 6.45) is 3.72. The Morgan fingerprint density at radius 2 is 1.74 bits per heavy atom. The molecule has 0 aliphatic rings. The number of hydrogen-bond acceptors (Lipinski definition) is 1. The minimum atomic E-state index is 0.421. The lowest BCUT2D eigenvalue weighted by molar-refractivity contribution is 0.911. The zero-order chi connectivity index (χ0) is 13.5. The highest BCUT2D eigenvalue weighted by atomic mass is 14.9. The number of hydrogen-bond donors (Lipinski definition) is 2. The molecular weight excluding hydrogens is 232 g/mol. The lowest BCUT2D eigenvalue weighted by Gasteiger charge is -2.05. The molecule has 0 heterocycles. The molecule has 0 radical (unpaired) electrons. The minimum absolute atomic E-state index is 0.421. The SMILES string of the molecule is Cc1ccc(CNC(=N)/C=C/c2ccccc2)cc1. The molecule has 2 aromatic carbocycles. The average molecular weight is 250 g/mol. The van der Waals surface area contributed by atoms with Crippen molar-refractivity contribution in [3.8, 4) is 0 Å². The van der Waals surface area contributed by atoms with Crippen molar-refractivity contribution in [3.63, 3.8) is 0 Å². The van der Waals surface area contributed by atoms with Crippen LogP contribution in [0.2, 0.25) is 0 Å². The minimum Gasteiger partial charge on any atom is -0.366 e. The van der Waals surface area contributed by atoms with Gasteiger partial charge in [-0.2, -0.15) is 0 Å². The molecule has 0 aliphatic carbocycles. The third kappa shape index (κ3) is 4.43. The number of nitrogens with one attached hydrogen (secondary N) is 2. The molecule has 0 saturated heterocycles. The Hall–Kier alpha value is -2.35. The van der Waals surface area contributed by atoms with E-state index in [0.717, 1.165) is 5.56 Å². The molecule has 2 heteroatoms. The van der Waals surface area contributed by atoms with E-state index in [1.165, 1.54) is 11.1 Å². The second-order valence-corrected chi connectivity index (χ2v) is 4.50. The summed E-state index contributed by atoms with van der Waals surface area (Å²) in [4.78, 5) is 0. The molecule has 0 saturated carbocycles. The van der Waals surface area contributed by atoms with E-state index in [1.807, 2.05) is 36.4 Å². The van der Waals surface area contributed by atoms with E-state index in [2.05, 4.69) is 36.5 Å². The predicted molar refractivity (Wildman–Crippen MR) is 81.2 cm³/mol. The van der Waals surface area contributed by atoms with E-state index in [1.54, 1.807) is 6.08 Å². The number of benzene rings is 2. The summed E-state index contributed by atoms with van der Waals surface area (Å²) in [7, 11) is 0. The molecule has 0 aromatic heterocycles. The van der Waals surface area contributed by atoms with Gasteiger partial charge in [0.25, 0.3) is 0 Å². The van der Waals surface area contributed by atoms with Gasteiger partial charge in [0.05, 0.1) is 0 Å². The van der Waals surface area contributed by atoms with E-state index < -0.39 is 0 Å². The van der Waals surface area contributed by atoms with Crippen LogP contribution in [-0.4, -0.2) is 5.84 Å². The summed E-state index contributed by atoms with van der Waals surface area (Å²) in [5.41, 5.74) is 3.54. The highest BCUT2D eigenvalue weighted by molar-refractivity contribution is 5.93. The molecule has 2 aromatic rings. The van der Waals surface area contributed by atoms with Crippen molar-refractivity contribution in [1.29, 1.82) is 5.41 Å². The summed E-state index contributed by atoms with van der Waals surface area (Å²) < 4.78 is 0. The van der Waals surface area contributed by atoms with Crippen LogP contribution in [-0.2, 0) is 6.54 Å². The first-order valence-electron chi connectivity index (χ1n) is 6.35. The Labute approximate surface area is 114 Å². The van der Waals surface area contributed by atoms with Gasteiger partial charge in [-0.1, -0.05) is 66.2 Å². The third-order valence-electron chi connectivity index (χ3n) is 2.85. The first-order valence-corrected chi connectivity index (χ1v) is 6.35. The van der Waals surface area contributed by atoms with Crippen LogP contribution in [0.25, 0.3) is 6.08 Å². The average Bonchev–Trinajstić information content (AvgIpc) is 2.45. The predicted octanol–water partition coefficient (Wildman–Crippen LogP) is 3.78. The van der Waals surface area contributed by atoms with Crippen LogP contribution in [0.4, 0.5) is 0 Å². The van der Waals surface area contributed by atoms with Crippen LogP contribution >= 0.6 is 0 Å². The third-order valence-corrected chi connectivity index (χ3v) is 2.85. The second-order valence-electron chi connectivity index (χ2n) is 4.50. The lowest BCUT2D eigenvalue weighted by Crippen LogP contribution is -2.19. The first kappa shape index (κ1) is 13.1. The number of rotatable bonds is 4. The van der Waals surface area contributed by atoms with Gasteiger partial charge < -0.3 is 5.32 Å². The molecule has 0 amide bonds. The van der Waals surface area contributed by atoms with E-state index in [-0.39, 0.29) is 0 Å². The van der Waals surface area contributed by atoms with Crippen molar-refractivity contribution in [2.24, 2.45) is 0 Å². The van der Waals surface area contributed by atoms with Crippen molar-refractivity contribution in [1.82, 2.24) is 5.32 Å². The maximum atomic E-state index is 7.83.